The van der Waals surface area contributed by atoms with Gasteiger partial charge in [-0.3, -0.25) is 0 Å². The molecule has 2 fully saturated rings. The molecule has 3 rings (SSSR count). The van der Waals surface area contributed by atoms with Gasteiger partial charge in [0.2, 0.25) is 0 Å². The van der Waals surface area contributed by atoms with Crippen molar-refractivity contribution in [2.24, 2.45) is 0 Å². The predicted octanol–water partition coefficient (Wildman–Crippen LogP) is 3.34. The van der Waals surface area contributed by atoms with Gasteiger partial charge in [-0.1, -0.05) is 0 Å². The Morgan fingerprint density at radius 1 is 1.13 bits per heavy atom. The number of rotatable bonds is 6. The average molecular weight is 385 g/mol. The van der Waals surface area contributed by atoms with Gasteiger partial charge in [0.05, 0.1) is 22.2 Å². The van der Waals surface area contributed by atoms with Crippen LogP contribution in [0.1, 0.15) is 36.0 Å². The summed E-state index contributed by atoms with van der Waals surface area (Å²) >= 11 is 3.44. The largest absolute Gasteiger partial charge is 0.490 e. The van der Waals surface area contributed by atoms with Gasteiger partial charge >= 0.3 is 5.97 Å². The molecular formula is C17H21BrO5. The Hall–Kier alpha value is -1.11. The van der Waals surface area contributed by atoms with E-state index in [4.69, 9.17) is 18.9 Å². The molecule has 0 spiro atoms. The third-order valence-electron chi connectivity index (χ3n) is 4.04. The first kappa shape index (κ1) is 16.7. The van der Waals surface area contributed by atoms with Crippen LogP contribution in [0, 0.1) is 0 Å². The quantitative estimate of drug-likeness (QED) is 0.703. The molecule has 0 bridgehead atoms. The minimum Gasteiger partial charge on any atom is -0.490 e. The minimum absolute atomic E-state index is 0.0383. The lowest BCUT2D eigenvalue weighted by atomic mass is 10.2. The van der Waals surface area contributed by atoms with Gasteiger partial charge in [0.1, 0.15) is 19.0 Å². The summed E-state index contributed by atoms with van der Waals surface area (Å²) in [5.41, 5.74) is 0.499. The van der Waals surface area contributed by atoms with E-state index in [1.165, 1.54) is 0 Å². The van der Waals surface area contributed by atoms with E-state index in [0.29, 0.717) is 24.5 Å². The second kappa shape index (κ2) is 8.13. The summed E-state index contributed by atoms with van der Waals surface area (Å²) in [6, 6.07) is 5.22. The summed E-state index contributed by atoms with van der Waals surface area (Å²) in [7, 11) is 0. The number of hydrogen-bond donors (Lipinski definition) is 0. The van der Waals surface area contributed by atoms with Crippen LogP contribution in [0.5, 0.6) is 5.75 Å². The van der Waals surface area contributed by atoms with E-state index in [2.05, 4.69) is 15.9 Å². The molecule has 0 aromatic heterocycles. The van der Waals surface area contributed by atoms with Crippen LogP contribution < -0.4 is 4.74 Å². The molecule has 2 atom stereocenters. The van der Waals surface area contributed by atoms with Crippen molar-refractivity contribution in [3.05, 3.63) is 28.2 Å². The number of carbonyl (C=O) groups excluding carboxylic acids is 1. The first-order chi connectivity index (χ1) is 11.2. The molecule has 0 saturated carbocycles. The Bertz CT molecular complexity index is 536. The Labute approximate surface area is 144 Å². The van der Waals surface area contributed by atoms with Crippen molar-refractivity contribution in [3.8, 4) is 5.75 Å². The highest BCUT2D eigenvalue weighted by atomic mass is 79.9. The molecule has 2 unspecified atom stereocenters. The van der Waals surface area contributed by atoms with Crippen molar-refractivity contribution in [2.45, 2.75) is 37.9 Å². The molecule has 5 nitrogen and oxygen atoms in total. The second-order valence-corrected chi connectivity index (χ2v) is 6.68. The van der Waals surface area contributed by atoms with Crippen LogP contribution in [0.15, 0.2) is 22.7 Å². The van der Waals surface area contributed by atoms with Crippen molar-refractivity contribution in [1.82, 2.24) is 0 Å². The summed E-state index contributed by atoms with van der Waals surface area (Å²) in [5, 5.41) is 0. The normalized spacial score (nSPS) is 23.9. The van der Waals surface area contributed by atoms with Crippen LogP contribution in [-0.4, -0.2) is 44.6 Å². The molecule has 2 aliphatic rings. The van der Waals surface area contributed by atoms with Crippen molar-refractivity contribution in [2.75, 3.05) is 26.4 Å². The van der Waals surface area contributed by atoms with Gasteiger partial charge in [-0.05, 0) is 59.8 Å². The molecule has 0 radical (unpaired) electrons. The molecule has 2 saturated heterocycles. The maximum absolute atomic E-state index is 12.1. The molecule has 6 heteroatoms. The zero-order chi connectivity index (χ0) is 16.1. The topological polar surface area (TPSA) is 54.0 Å². The smallest absolute Gasteiger partial charge is 0.338 e. The number of halogens is 1. The molecule has 1 aromatic carbocycles. The number of esters is 1. The highest BCUT2D eigenvalue weighted by Crippen LogP contribution is 2.27. The second-order valence-electron chi connectivity index (χ2n) is 5.82. The van der Waals surface area contributed by atoms with Crippen molar-refractivity contribution >= 4 is 21.9 Å². The summed E-state index contributed by atoms with van der Waals surface area (Å²) in [5.74, 6) is 0.364. The summed E-state index contributed by atoms with van der Waals surface area (Å²) in [6.45, 7) is 2.41. The highest BCUT2D eigenvalue weighted by molar-refractivity contribution is 9.10. The highest BCUT2D eigenvalue weighted by Gasteiger charge is 2.19. The van der Waals surface area contributed by atoms with Gasteiger partial charge < -0.3 is 18.9 Å². The summed E-state index contributed by atoms with van der Waals surface area (Å²) in [6.07, 6.45) is 4.31. The Morgan fingerprint density at radius 3 is 2.43 bits per heavy atom. The molecule has 2 aliphatic heterocycles. The summed E-state index contributed by atoms with van der Waals surface area (Å²) < 4.78 is 22.8. The van der Waals surface area contributed by atoms with Gasteiger partial charge in [-0.25, -0.2) is 4.79 Å². The first-order valence-corrected chi connectivity index (χ1v) is 8.84. The fourth-order valence-electron chi connectivity index (χ4n) is 2.73. The molecule has 1 aromatic rings. The van der Waals surface area contributed by atoms with E-state index < -0.39 is 0 Å². The number of ether oxygens (including phenoxy) is 4. The van der Waals surface area contributed by atoms with Gasteiger partial charge in [0, 0.05) is 13.2 Å². The number of carbonyl (C=O) groups is 1. The van der Waals surface area contributed by atoms with Crippen LogP contribution in [0.25, 0.3) is 0 Å². The molecular weight excluding hydrogens is 364 g/mol. The lowest BCUT2D eigenvalue weighted by Crippen LogP contribution is -2.18. The average Bonchev–Trinajstić information content (AvgIpc) is 3.25. The molecule has 23 heavy (non-hydrogen) atoms. The van der Waals surface area contributed by atoms with Crippen LogP contribution in [0.2, 0.25) is 0 Å². The van der Waals surface area contributed by atoms with Gasteiger partial charge in [0.25, 0.3) is 0 Å². The summed E-state index contributed by atoms with van der Waals surface area (Å²) in [4.78, 5) is 12.1. The van der Waals surface area contributed by atoms with Crippen LogP contribution in [0.3, 0.4) is 0 Å². The van der Waals surface area contributed by atoms with E-state index >= 15 is 0 Å². The van der Waals surface area contributed by atoms with Crippen molar-refractivity contribution < 1.29 is 23.7 Å². The number of hydrogen-bond acceptors (Lipinski definition) is 5. The van der Waals surface area contributed by atoms with E-state index in [9.17, 15) is 4.79 Å². The maximum atomic E-state index is 12.1. The Kier molecular flexibility index (Phi) is 5.91. The zero-order valence-electron chi connectivity index (χ0n) is 13.0. The fourth-order valence-corrected chi connectivity index (χ4v) is 3.22. The van der Waals surface area contributed by atoms with E-state index in [1.54, 1.807) is 18.2 Å². The van der Waals surface area contributed by atoms with E-state index in [1.807, 2.05) is 0 Å². The molecule has 0 N–H and O–H groups in total. The lowest BCUT2D eigenvalue weighted by Gasteiger charge is -2.14. The molecule has 2 heterocycles. The van der Waals surface area contributed by atoms with Crippen molar-refractivity contribution in [3.63, 3.8) is 0 Å². The van der Waals surface area contributed by atoms with Crippen LogP contribution in [0.4, 0.5) is 0 Å². The minimum atomic E-state index is -0.341. The third kappa shape index (κ3) is 4.68. The third-order valence-corrected chi connectivity index (χ3v) is 4.66. The van der Waals surface area contributed by atoms with Crippen molar-refractivity contribution in [1.29, 1.82) is 0 Å². The SMILES string of the molecule is O=C(OCC1CCCO1)c1ccc(OCC2CCCO2)c(Br)c1. The zero-order valence-corrected chi connectivity index (χ0v) is 14.5. The predicted molar refractivity (Wildman–Crippen MR) is 87.9 cm³/mol. The van der Waals surface area contributed by atoms with Gasteiger partial charge in [-0.15, -0.1) is 0 Å². The molecule has 0 aliphatic carbocycles. The van der Waals surface area contributed by atoms with Gasteiger partial charge in [0.15, 0.2) is 0 Å². The monoisotopic (exact) mass is 384 g/mol. The lowest BCUT2D eigenvalue weighted by molar-refractivity contribution is 0.0161. The van der Waals surface area contributed by atoms with E-state index in [0.717, 1.165) is 43.4 Å². The standard InChI is InChI=1S/C17H21BrO5/c18-15-9-12(17(19)23-11-14-4-2-8-21-14)5-6-16(15)22-10-13-3-1-7-20-13/h5-6,9,13-14H,1-4,7-8,10-11H2. The fraction of sp³-hybridized carbons (Fsp3) is 0.588. The number of benzene rings is 1. The maximum Gasteiger partial charge on any atom is 0.338 e. The molecule has 0 amide bonds. The molecule has 126 valence electrons. The van der Waals surface area contributed by atoms with Crippen LogP contribution in [-0.2, 0) is 14.2 Å². The van der Waals surface area contributed by atoms with E-state index in [-0.39, 0.29) is 18.2 Å². The van der Waals surface area contributed by atoms with Gasteiger partial charge in [-0.2, -0.15) is 0 Å². The van der Waals surface area contributed by atoms with Crippen LogP contribution >= 0.6 is 15.9 Å². The first-order valence-electron chi connectivity index (χ1n) is 8.05. The Morgan fingerprint density at radius 2 is 1.83 bits per heavy atom. The Balaban J connectivity index is 1.51.